The van der Waals surface area contributed by atoms with E-state index in [1.54, 1.807) is 6.07 Å². The van der Waals surface area contributed by atoms with Crippen LogP contribution in [0, 0.1) is 5.82 Å². The fourth-order valence-corrected chi connectivity index (χ4v) is 2.18. The van der Waals surface area contributed by atoms with E-state index in [-0.39, 0.29) is 18.5 Å². The summed E-state index contributed by atoms with van der Waals surface area (Å²) in [6.45, 7) is 0.993. The van der Waals surface area contributed by atoms with Gasteiger partial charge >= 0.3 is 0 Å². The van der Waals surface area contributed by atoms with Gasteiger partial charge in [0.1, 0.15) is 5.82 Å². The van der Waals surface area contributed by atoms with E-state index in [2.05, 4.69) is 5.32 Å². The Kier molecular flexibility index (Phi) is 3.34. The molecular weight excluding hydrogens is 193 g/mol. The summed E-state index contributed by atoms with van der Waals surface area (Å²) in [5.41, 5.74) is 1.95. The lowest BCUT2D eigenvalue weighted by Gasteiger charge is -2.13. The second-order valence-electron chi connectivity index (χ2n) is 3.93. The third-order valence-corrected chi connectivity index (χ3v) is 2.94. The molecule has 1 aliphatic rings. The Balaban J connectivity index is 2.05. The Bertz CT molecular complexity index is 340. The first-order valence-electron chi connectivity index (χ1n) is 5.44. The molecular formula is C12H16FNO. The molecule has 1 atom stereocenters. The zero-order chi connectivity index (χ0) is 10.7. The van der Waals surface area contributed by atoms with Gasteiger partial charge in [0.2, 0.25) is 0 Å². The SMILES string of the molecule is OCCCNC1CCc2c(F)cccc21. The van der Waals surface area contributed by atoms with E-state index in [0.717, 1.165) is 36.9 Å². The van der Waals surface area contributed by atoms with Crippen LogP contribution in [0.25, 0.3) is 0 Å². The van der Waals surface area contributed by atoms with Crippen LogP contribution in [-0.2, 0) is 6.42 Å². The molecule has 0 bridgehead atoms. The average Bonchev–Trinajstić information content (AvgIpc) is 2.64. The summed E-state index contributed by atoms with van der Waals surface area (Å²) in [5.74, 6) is -0.0843. The Morgan fingerprint density at radius 3 is 3.13 bits per heavy atom. The summed E-state index contributed by atoms with van der Waals surface area (Å²) in [6, 6.07) is 5.54. The highest BCUT2D eigenvalue weighted by Crippen LogP contribution is 2.32. The number of hydrogen-bond donors (Lipinski definition) is 2. The normalized spacial score (nSPS) is 19.2. The van der Waals surface area contributed by atoms with Gasteiger partial charge in [-0.2, -0.15) is 0 Å². The van der Waals surface area contributed by atoms with Crippen molar-refractivity contribution in [2.24, 2.45) is 0 Å². The van der Waals surface area contributed by atoms with Crippen LogP contribution in [0.4, 0.5) is 4.39 Å². The van der Waals surface area contributed by atoms with Crippen LogP contribution in [0.15, 0.2) is 18.2 Å². The van der Waals surface area contributed by atoms with Gasteiger partial charge in [0.25, 0.3) is 0 Å². The predicted molar refractivity (Wildman–Crippen MR) is 57.2 cm³/mol. The van der Waals surface area contributed by atoms with E-state index in [1.165, 1.54) is 6.07 Å². The van der Waals surface area contributed by atoms with Gasteiger partial charge in [-0.15, -0.1) is 0 Å². The van der Waals surface area contributed by atoms with Crippen molar-refractivity contribution in [1.29, 1.82) is 0 Å². The second-order valence-corrected chi connectivity index (χ2v) is 3.93. The summed E-state index contributed by atoms with van der Waals surface area (Å²) >= 11 is 0. The molecule has 3 heteroatoms. The number of benzene rings is 1. The molecule has 0 fully saturated rings. The molecule has 1 aliphatic carbocycles. The quantitative estimate of drug-likeness (QED) is 0.741. The molecule has 82 valence electrons. The number of fused-ring (bicyclic) bond motifs is 1. The van der Waals surface area contributed by atoms with Crippen molar-refractivity contribution in [3.63, 3.8) is 0 Å². The highest BCUT2D eigenvalue weighted by molar-refractivity contribution is 5.35. The van der Waals surface area contributed by atoms with E-state index < -0.39 is 0 Å². The van der Waals surface area contributed by atoms with Gasteiger partial charge in [-0.3, -0.25) is 0 Å². The lowest BCUT2D eigenvalue weighted by atomic mass is 10.1. The lowest BCUT2D eigenvalue weighted by Crippen LogP contribution is -2.21. The van der Waals surface area contributed by atoms with Gasteiger partial charge in [-0.1, -0.05) is 12.1 Å². The summed E-state index contributed by atoms with van der Waals surface area (Å²) in [6.07, 6.45) is 2.53. The Morgan fingerprint density at radius 1 is 1.47 bits per heavy atom. The highest BCUT2D eigenvalue weighted by Gasteiger charge is 2.23. The van der Waals surface area contributed by atoms with Gasteiger partial charge in [0, 0.05) is 12.6 Å². The van der Waals surface area contributed by atoms with Gasteiger partial charge in [-0.25, -0.2) is 4.39 Å². The largest absolute Gasteiger partial charge is 0.396 e. The molecule has 0 saturated carbocycles. The van der Waals surface area contributed by atoms with Gasteiger partial charge in [0.05, 0.1) is 0 Å². The molecule has 1 aromatic rings. The highest BCUT2D eigenvalue weighted by atomic mass is 19.1. The van der Waals surface area contributed by atoms with Crippen LogP contribution in [0.1, 0.15) is 30.0 Å². The van der Waals surface area contributed by atoms with Crippen molar-refractivity contribution in [2.45, 2.75) is 25.3 Å². The zero-order valence-electron chi connectivity index (χ0n) is 8.67. The summed E-state index contributed by atoms with van der Waals surface area (Å²) in [7, 11) is 0. The first-order chi connectivity index (χ1) is 7.33. The molecule has 0 heterocycles. The van der Waals surface area contributed by atoms with E-state index in [1.807, 2.05) is 6.07 Å². The minimum absolute atomic E-state index is 0.0843. The molecule has 0 aliphatic heterocycles. The third-order valence-electron chi connectivity index (χ3n) is 2.94. The van der Waals surface area contributed by atoms with Crippen molar-refractivity contribution in [1.82, 2.24) is 5.32 Å². The van der Waals surface area contributed by atoms with E-state index in [9.17, 15) is 4.39 Å². The maximum absolute atomic E-state index is 13.4. The van der Waals surface area contributed by atoms with E-state index in [4.69, 9.17) is 5.11 Å². The maximum Gasteiger partial charge on any atom is 0.126 e. The van der Waals surface area contributed by atoms with Crippen molar-refractivity contribution in [3.05, 3.63) is 35.1 Å². The maximum atomic E-state index is 13.4. The Labute approximate surface area is 89.1 Å². The fraction of sp³-hybridized carbons (Fsp3) is 0.500. The molecule has 2 N–H and O–H groups in total. The molecule has 0 spiro atoms. The molecule has 15 heavy (non-hydrogen) atoms. The first-order valence-corrected chi connectivity index (χ1v) is 5.44. The van der Waals surface area contributed by atoms with Crippen molar-refractivity contribution in [3.8, 4) is 0 Å². The Hall–Kier alpha value is -0.930. The van der Waals surface area contributed by atoms with E-state index in [0.29, 0.717) is 0 Å². The Morgan fingerprint density at radius 2 is 2.33 bits per heavy atom. The topological polar surface area (TPSA) is 32.3 Å². The van der Waals surface area contributed by atoms with Gasteiger partial charge in [-0.05, 0) is 43.0 Å². The van der Waals surface area contributed by atoms with Crippen LogP contribution in [0.3, 0.4) is 0 Å². The van der Waals surface area contributed by atoms with Crippen molar-refractivity contribution < 1.29 is 9.50 Å². The van der Waals surface area contributed by atoms with Gasteiger partial charge < -0.3 is 10.4 Å². The third kappa shape index (κ3) is 2.19. The van der Waals surface area contributed by atoms with Crippen LogP contribution in [0.2, 0.25) is 0 Å². The van der Waals surface area contributed by atoms with Gasteiger partial charge in [0.15, 0.2) is 0 Å². The molecule has 1 aromatic carbocycles. The molecule has 0 aromatic heterocycles. The smallest absolute Gasteiger partial charge is 0.126 e. The lowest BCUT2D eigenvalue weighted by molar-refractivity contribution is 0.283. The average molecular weight is 209 g/mol. The summed E-state index contributed by atoms with van der Waals surface area (Å²) < 4.78 is 13.4. The zero-order valence-corrected chi connectivity index (χ0v) is 8.67. The molecule has 0 radical (unpaired) electrons. The fourth-order valence-electron chi connectivity index (χ4n) is 2.18. The standard InChI is InChI=1S/C12H16FNO/c13-11-4-1-3-10-9(11)5-6-12(10)14-7-2-8-15/h1,3-4,12,14-15H,2,5-8H2. The monoisotopic (exact) mass is 209 g/mol. The first kappa shape index (κ1) is 10.6. The van der Waals surface area contributed by atoms with Crippen molar-refractivity contribution >= 4 is 0 Å². The number of halogens is 1. The molecule has 2 nitrogen and oxygen atoms in total. The number of aliphatic hydroxyl groups is 1. The molecule has 1 unspecified atom stereocenters. The number of rotatable bonds is 4. The minimum Gasteiger partial charge on any atom is -0.396 e. The van der Waals surface area contributed by atoms with E-state index >= 15 is 0 Å². The second kappa shape index (κ2) is 4.73. The van der Waals surface area contributed by atoms with Crippen LogP contribution in [0.5, 0.6) is 0 Å². The molecule has 0 saturated heterocycles. The number of hydrogen-bond acceptors (Lipinski definition) is 2. The van der Waals surface area contributed by atoms with Crippen LogP contribution < -0.4 is 5.32 Å². The number of aliphatic hydroxyl groups excluding tert-OH is 1. The van der Waals surface area contributed by atoms with Crippen LogP contribution in [-0.4, -0.2) is 18.3 Å². The van der Waals surface area contributed by atoms with Crippen LogP contribution >= 0.6 is 0 Å². The minimum atomic E-state index is -0.0843. The summed E-state index contributed by atoms with van der Waals surface area (Å²) in [5, 5.41) is 12.0. The predicted octanol–water partition coefficient (Wildman–Crippen LogP) is 1.78. The molecule has 0 amide bonds. The molecule has 2 rings (SSSR count). The van der Waals surface area contributed by atoms with Crippen molar-refractivity contribution in [2.75, 3.05) is 13.2 Å². The summed E-state index contributed by atoms with van der Waals surface area (Å²) in [4.78, 5) is 0. The number of nitrogens with one attached hydrogen (secondary N) is 1.